The minimum Gasteiger partial charge on any atom is -0.457 e. The fourth-order valence-electron chi connectivity index (χ4n) is 3.38. The molecule has 2 aliphatic rings. The van der Waals surface area contributed by atoms with Crippen LogP contribution in [0.5, 0.6) is 11.5 Å². The van der Waals surface area contributed by atoms with Crippen LogP contribution in [0, 0.1) is 0 Å². The summed E-state index contributed by atoms with van der Waals surface area (Å²) in [4.78, 5) is 0. The van der Waals surface area contributed by atoms with Crippen LogP contribution in [0.1, 0.15) is 51.7 Å². The first-order valence-electron chi connectivity index (χ1n) is 11.1. The van der Waals surface area contributed by atoms with Gasteiger partial charge in [0.15, 0.2) is 0 Å². The Kier molecular flexibility index (Phi) is 6.53. The zero-order valence-electron chi connectivity index (χ0n) is 18.8. The Labute approximate surface area is 184 Å². The van der Waals surface area contributed by atoms with Gasteiger partial charge in [-0.1, -0.05) is 38.1 Å². The van der Waals surface area contributed by atoms with Crippen molar-refractivity contribution in [1.29, 1.82) is 0 Å². The van der Waals surface area contributed by atoms with Gasteiger partial charge in [-0.25, -0.2) is 0 Å². The lowest BCUT2D eigenvalue weighted by Gasteiger charge is -2.12. The summed E-state index contributed by atoms with van der Waals surface area (Å²) < 4.78 is 34.1. The maximum Gasteiger partial charge on any atom is 0.261 e. The minimum absolute atomic E-state index is 0.287. The summed E-state index contributed by atoms with van der Waals surface area (Å²) in [6.07, 6.45) is 2.17. The molecule has 2 aromatic rings. The molecular weight excluding hydrogens is 396 g/mol. The molecule has 168 valence electrons. The van der Waals surface area contributed by atoms with Crippen LogP contribution in [0.4, 0.5) is 0 Å². The topological polar surface area (TPSA) is 62.0 Å². The van der Waals surface area contributed by atoms with E-state index in [4.69, 9.17) is 28.4 Å². The van der Waals surface area contributed by atoms with Gasteiger partial charge in [0.25, 0.3) is 11.6 Å². The van der Waals surface area contributed by atoms with E-state index < -0.39 is 11.6 Å². The summed E-state index contributed by atoms with van der Waals surface area (Å²) in [5, 5.41) is 0. The van der Waals surface area contributed by atoms with Crippen molar-refractivity contribution < 1.29 is 28.4 Å². The first kappa shape index (κ1) is 22.1. The van der Waals surface area contributed by atoms with Crippen LogP contribution in [-0.4, -0.2) is 37.4 Å². The molecule has 2 heterocycles. The van der Waals surface area contributed by atoms with Crippen LogP contribution in [0.25, 0.3) is 0 Å². The molecule has 2 aromatic carbocycles. The van der Waals surface area contributed by atoms with E-state index in [9.17, 15) is 0 Å². The molecule has 4 atom stereocenters. The molecule has 0 spiro atoms. The number of benzene rings is 2. The van der Waals surface area contributed by atoms with Gasteiger partial charge in [-0.2, -0.15) is 0 Å². The van der Waals surface area contributed by atoms with E-state index in [1.165, 1.54) is 11.1 Å². The first-order valence-corrected chi connectivity index (χ1v) is 11.1. The Morgan fingerprint density at radius 3 is 1.42 bits per heavy atom. The van der Waals surface area contributed by atoms with Crippen LogP contribution in [0.2, 0.25) is 0 Å². The fraction of sp³-hybridized carbons (Fsp3) is 0.520. The van der Waals surface area contributed by atoms with Crippen molar-refractivity contribution in [1.82, 2.24) is 0 Å². The minimum atomic E-state index is -0.685. The standard InChI is InChI=1S/C25H32O6/c1-5-15-26-22-24(3,30-22)28-20-11-7-18(8-12-20)17-19-9-13-21(14-10-19)29-25(4)23(31-25)27-16-6-2/h7-14,22-23H,5-6,15-17H2,1-4H3. The number of epoxide rings is 2. The molecule has 0 N–H and O–H groups in total. The van der Waals surface area contributed by atoms with Crippen LogP contribution in [0.15, 0.2) is 48.5 Å². The molecule has 0 aliphatic carbocycles. The highest BCUT2D eigenvalue weighted by atomic mass is 16.9. The summed E-state index contributed by atoms with van der Waals surface area (Å²) in [6, 6.07) is 16.2. The molecular formula is C25H32O6. The van der Waals surface area contributed by atoms with Crippen molar-refractivity contribution in [3.63, 3.8) is 0 Å². The summed E-state index contributed by atoms with van der Waals surface area (Å²) >= 11 is 0. The third kappa shape index (κ3) is 5.57. The number of hydrogen-bond donors (Lipinski definition) is 0. The predicted molar refractivity (Wildman–Crippen MR) is 116 cm³/mol. The van der Waals surface area contributed by atoms with Crippen molar-refractivity contribution in [2.24, 2.45) is 0 Å². The SMILES string of the molecule is CCCOC1OC1(C)Oc1ccc(Cc2ccc(OC3(C)OC3OCCC)cc2)cc1. The molecule has 2 fully saturated rings. The van der Waals surface area contributed by atoms with Gasteiger partial charge in [0, 0.05) is 27.1 Å². The van der Waals surface area contributed by atoms with E-state index >= 15 is 0 Å². The van der Waals surface area contributed by atoms with Crippen LogP contribution >= 0.6 is 0 Å². The van der Waals surface area contributed by atoms with E-state index in [2.05, 4.69) is 38.1 Å². The smallest absolute Gasteiger partial charge is 0.261 e. The molecule has 31 heavy (non-hydrogen) atoms. The molecule has 2 aliphatic heterocycles. The molecule has 2 saturated heterocycles. The van der Waals surface area contributed by atoms with Gasteiger partial charge in [0.05, 0.1) is 0 Å². The molecule has 0 saturated carbocycles. The molecule has 0 aromatic heterocycles. The lowest BCUT2D eigenvalue weighted by molar-refractivity contribution is 0.0488. The Bertz CT molecular complexity index is 780. The van der Waals surface area contributed by atoms with Crippen molar-refractivity contribution in [2.45, 2.75) is 71.1 Å². The fourth-order valence-corrected chi connectivity index (χ4v) is 3.38. The largest absolute Gasteiger partial charge is 0.457 e. The molecule has 4 unspecified atom stereocenters. The maximum absolute atomic E-state index is 5.94. The number of rotatable bonds is 12. The predicted octanol–water partition coefficient (Wildman–Crippen LogP) is 5.03. The Morgan fingerprint density at radius 2 is 1.06 bits per heavy atom. The van der Waals surface area contributed by atoms with Crippen molar-refractivity contribution >= 4 is 0 Å². The summed E-state index contributed by atoms with van der Waals surface area (Å²) in [6.45, 7) is 9.28. The molecule has 6 nitrogen and oxygen atoms in total. The summed E-state index contributed by atoms with van der Waals surface area (Å²) in [5.41, 5.74) is 2.40. The van der Waals surface area contributed by atoms with E-state index in [0.717, 1.165) is 30.8 Å². The normalized spacial score (nSPS) is 28.9. The summed E-state index contributed by atoms with van der Waals surface area (Å²) in [5.74, 6) is 0.176. The van der Waals surface area contributed by atoms with E-state index in [-0.39, 0.29) is 12.6 Å². The molecule has 4 rings (SSSR count). The molecule has 0 radical (unpaired) electrons. The monoisotopic (exact) mass is 428 g/mol. The first-order chi connectivity index (χ1) is 14.9. The van der Waals surface area contributed by atoms with E-state index in [0.29, 0.717) is 13.2 Å². The summed E-state index contributed by atoms with van der Waals surface area (Å²) in [7, 11) is 0. The van der Waals surface area contributed by atoms with Gasteiger partial charge in [-0.05, 0) is 54.7 Å². The second-order valence-electron chi connectivity index (χ2n) is 8.34. The number of hydrogen-bond acceptors (Lipinski definition) is 6. The maximum atomic E-state index is 5.94. The highest BCUT2D eigenvalue weighted by molar-refractivity contribution is 5.34. The second kappa shape index (κ2) is 9.17. The molecule has 0 amide bonds. The zero-order valence-corrected chi connectivity index (χ0v) is 18.8. The van der Waals surface area contributed by atoms with Gasteiger partial charge in [-0.3, -0.25) is 9.47 Å². The van der Waals surface area contributed by atoms with Crippen LogP contribution in [0.3, 0.4) is 0 Å². The van der Waals surface area contributed by atoms with Gasteiger partial charge < -0.3 is 18.9 Å². The highest BCUT2D eigenvalue weighted by Gasteiger charge is 2.57. The third-order valence-electron chi connectivity index (χ3n) is 5.27. The average Bonchev–Trinajstić information content (AvgIpc) is 3.62. The lowest BCUT2D eigenvalue weighted by Crippen LogP contribution is -2.20. The van der Waals surface area contributed by atoms with Gasteiger partial charge in [0.2, 0.25) is 12.6 Å². The van der Waals surface area contributed by atoms with Crippen molar-refractivity contribution in [2.75, 3.05) is 13.2 Å². The second-order valence-corrected chi connectivity index (χ2v) is 8.34. The Balaban J connectivity index is 1.26. The van der Waals surface area contributed by atoms with Gasteiger partial charge in [0.1, 0.15) is 11.5 Å². The Hall–Kier alpha value is -2.12. The quantitative estimate of drug-likeness (QED) is 0.442. The Morgan fingerprint density at radius 1 is 0.677 bits per heavy atom. The average molecular weight is 429 g/mol. The van der Waals surface area contributed by atoms with E-state index in [1.807, 2.05) is 38.1 Å². The lowest BCUT2D eigenvalue weighted by atomic mass is 10.0. The molecule has 0 bridgehead atoms. The molecule has 6 heteroatoms. The number of ether oxygens (including phenoxy) is 6. The van der Waals surface area contributed by atoms with E-state index in [1.54, 1.807) is 0 Å². The van der Waals surface area contributed by atoms with Crippen molar-refractivity contribution in [3.8, 4) is 11.5 Å². The van der Waals surface area contributed by atoms with Crippen LogP contribution in [-0.2, 0) is 25.4 Å². The highest BCUT2D eigenvalue weighted by Crippen LogP contribution is 2.40. The van der Waals surface area contributed by atoms with Gasteiger partial charge in [-0.15, -0.1) is 0 Å². The van der Waals surface area contributed by atoms with Gasteiger partial charge >= 0.3 is 0 Å². The van der Waals surface area contributed by atoms with Crippen LogP contribution < -0.4 is 9.47 Å². The van der Waals surface area contributed by atoms with Crippen molar-refractivity contribution in [3.05, 3.63) is 59.7 Å². The zero-order chi connectivity index (χ0) is 21.9. The third-order valence-corrected chi connectivity index (χ3v) is 5.27.